The molecule has 1 fully saturated rings. The van der Waals surface area contributed by atoms with Gasteiger partial charge in [-0.15, -0.1) is 0 Å². The summed E-state index contributed by atoms with van der Waals surface area (Å²) in [6.07, 6.45) is 7.37. The lowest BCUT2D eigenvalue weighted by Crippen LogP contribution is -2.41. The minimum Gasteiger partial charge on any atom is -0.449 e. The number of carbonyl (C=O) groups excluding carboxylic acids is 2. The Morgan fingerprint density at radius 3 is 2.67 bits per heavy atom. The maximum atomic E-state index is 13.1. The average molecular weight is 366 g/mol. The van der Waals surface area contributed by atoms with Crippen LogP contribution >= 0.6 is 0 Å². The van der Waals surface area contributed by atoms with E-state index in [9.17, 15) is 9.59 Å². The second-order valence-electron chi connectivity index (χ2n) is 7.67. The van der Waals surface area contributed by atoms with Gasteiger partial charge in [-0.25, -0.2) is 4.79 Å². The topological polar surface area (TPSA) is 68.3 Å². The van der Waals surface area contributed by atoms with E-state index in [-0.39, 0.29) is 11.9 Å². The largest absolute Gasteiger partial charge is 0.449 e. The number of hydrogen-bond donors (Lipinski definition) is 1. The first-order chi connectivity index (χ1) is 13.1. The van der Waals surface area contributed by atoms with Gasteiger partial charge in [0, 0.05) is 17.1 Å². The van der Waals surface area contributed by atoms with Gasteiger partial charge >= 0.3 is 5.97 Å². The summed E-state index contributed by atoms with van der Waals surface area (Å²) >= 11 is 0. The minimum atomic E-state index is -0.802. The molecule has 142 valence electrons. The van der Waals surface area contributed by atoms with Gasteiger partial charge in [0.25, 0.3) is 5.91 Å². The molecule has 0 saturated heterocycles. The van der Waals surface area contributed by atoms with Crippen LogP contribution in [-0.2, 0) is 22.4 Å². The molecule has 5 nitrogen and oxygen atoms in total. The molecule has 0 bridgehead atoms. The summed E-state index contributed by atoms with van der Waals surface area (Å²) in [5, 5.41) is 3.82. The first-order valence-electron chi connectivity index (χ1n) is 10.1. The molecule has 4 rings (SSSR count). The van der Waals surface area contributed by atoms with Crippen LogP contribution in [0, 0.1) is 0 Å². The molecule has 2 aliphatic rings. The molecule has 1 aromatic heterocycles. The number of nitrogens with zero attached hydrogens (tertiary/aromatic N) is 1. The number of nitrogens with one attached hydrogen (secondary N) is 1. The zero-order valence-corrected chi connectivity index (χ0v) is 15.8. The minimum absolute atomic E-state index is 0.206. The third-order valence-electron chi connectivity index (χ3n) is 5.73. The van der Waals surface area contributed by atoms with Crippen molar-refractivity contribution in [3.05, 3.63) is 41.1 Å². The third kappa shape index (κ3) is 3.68. The summed E-state index contributed by atoms with van der Waals surface area (Å²) in [5.74, 6) is -0.622. The SMILES string of the molecule is CC(OC(=O)c1c2c(nc3ccccc13)CCCC2)C(=O)NC1CCCC1. The number of benzene rings is 1. The Labute approximate surface area is 159 Å². The van der Waals surface area contributed by atoms with Crippen LogP contribution in [-0.4, -0.2) is 29.0 Å². The predicted molar refractivity (Wildman–Crippen MR) is 104 cm³/mol. The van der Waals surface area contributed by atoms with Crippen molar-refractivity contribution in [1.29, 1.82) is 0 Å². The van der Waals surface area contributed by atoms with Crippen molar-refractivity contribution in [2.75, 3.05) is 0 Å². The van der Waals surface area contributed by atoms with Crippen LogP contribution in [0.2, 0.25) is 0 Å². The van der Waals surface area contributed by atoms with E-state index in [2.05, 4.69) is 5.32 Å². The average Bonchev–Trinajstić information content (AvgIpc) is 3.18. The highest BCUT2D eigenvalue weighted by Crippen LogP contribution is 2.30. The fourth-order valence-electron chi connectivity index (χ4n) is 4.27. The normalized spacial score (nSPS) is 18.1. The number of aromatic nitrogens is 1. The van der Waals surface area contributed by atoms with Crippen LogP contribution in [0.5, 0.6) is 0 Å². The summed E-state index contributed by atoms with van der Waals surface area (Å²) in [6.45, 7) is 1.65. The van der Waals surface area contributed by atoms with Crippen LogP contribution in [0.3, 0.4) is 0 Å². The van der Waals surface area contributed by atoms with Gasteiger partial charge < -0.3 is 10.1 Å². The van der Waals surface area contributed by atoms with Gasteiger partial charge in [0.1, 0.15) is 0 Å². The van der Waals surface area contributed by atoms with Crippen molar-refractivity contribution in [3.8, 4) is 0 Å². The molecule has 1 N–H and O–H groups in total. The molecule has 1 unspecified atom stereocenters. The number of pyridine rings is 1. The predicted octanol–water partition coefficient (Wildman–Crippen LogP) is 3.72. The van der Waals surface area contributed by atoms with E-state index in [1.54, 1.807) is 6.92 Å². The lowest BCUT2D eigenvalue weighted by atomic mass is 9.90. The van der Waals surface area contributed by atoms with Crippen molar-refractivity contribution in [2.24, 2.45) is 0 Å². The summed E-state index contributed by atoms with van der Waals surface area (Å²) in [7, 11) is 0. The number of fused-ring (bicyclic) bond motifs is 2. The van der Waals surface area contributed by atoms with Crippen LogP contribution in [0.25, 0.3) is 10.9 Å². The third-order valence-corrected chi connectivity index (χ3v) is 5.73. The molecule has 27 heavy (non-hydrogen) atoms. The molecular formula is C22H26N2O3. The van der Waals surface area contributed by atoms with Crippen LogP contribution in [0.1, 0.15) is 67.1 Å². The molecule has 0 spiro atoms. The highest BCUT2D eigenvalue weighted by atomic mass is 16.5. The first-order valence-corrected chi connectivity index (χ1v) is 10.1. The number of aryl methyl sites for hydroxylation is 1. The number of rotatable bonds is 4. The number of para-hydroxylation sites is 1. The second-order valence-corrected chi connectivity index (χ2v) is 7.67. The fraction of sp³-hybridized carbons (Fsp3) is 0.500. The highest BCUT2D eigenvalue weighted by Gasteiger charge is 2.27. The molecule has 1 saturated carbocycles. The number of carbonyl (C=O) groups is 2. The van der Waals surface area contributed by atoms with Crippen molar-refractivity contribution in [3.63, 3.8) is 0 Å². The summed E-state index contributed by atoms with van der Waals surface area (Å²) in [5.41, 5.74) is 3.40. The van der Waals surface area contributed by atoms with Gasteiger partial charge in [0.05, 0.1) is 11.1 Å². The van der Waals surface area contributed by atoms with E-state index in [0.717, 1.165) is 73.5 Å². The molecule has 2 aromatic rings. The monoisotopic (exact) mass is 366 g/mol. The first kappa shape index (κ1) is 18.0. The number of esters is 1. The Hall–Kier alpha value is -2.43. The zero-order valence-electron chi connectivity index (χ0n) is 15.8. The lowest BCUT2D eigenvalue weighted by Gasteiger charge is -2.21. The second kappa shape index (κ2) is 7.67. The Balaban J connectivity index is 1.59. The van der Waals surface area contributed by atoms with Gasteiger partial charge in [-0.2, -0.15) is 0 Å². The van der Waals surface area contributed by atoms with E-state index in [0.29, 0.717) is 5.56 Å². The van der Waals surface area contributed by atoms with Crippen LogP contribution in [0.15, 0.2) is 24.3 Å². The van der Waals surface area contributed by atoms with Gasteiger partial charge in [-0.3, -0.25) is 9.78 Å². The van der Waals surface area contributed by atoms with Gasteiger partial charge in [0.2, 0.25) is 0 Å². The van der Waals surface area contributed by atoms with Crippen LogP contribution in [0.4, 0.5) is 0 Å². The fourth-order valence-corrected chi connectivity index (χ4v) is 4.27. The van der Waals surface area contributed by atoms with Gasteiger partial charge in [-0.05, 0) is 57.1 Å². The molecule has 0 aliphatic heterocycles. The van der Waals surface area contributed by atoms with Gasteiger partial charge in [0.15, 0.2) is 6.10 Å². The van der Waals surface area contributed by atoms with Crippen molar-refractivity contribution >= 4 is 22.8 Å². The smallest absolute Gasteiger partial charge is 0.339 e. The van der Waals surface area contributed by atoms with Crippen LogP contribution < -0.4 is 5.32 Å². The van der Waals surface area contributed by atoms with Crippen molar-refractivity contribution in [2.45, 2.75) is 70.4 Å². The van der Waals surface area contributed by atoms with E-state index in [1.807, 2.05) is 24.3 Å². The Morgan fingerprint density at radius 2 is 1.85 bits per heavy atom. The molecule has 2 aliphatic carbocycles. The lowest BCUT2D eigenvalue weighted by molar-refractivity contribution is -0.129. The molecule has 0 radical (unpaired) electrons. The number of hydrogen-bond acceptors (Lipinski definition) is 4. The molecular weight excluding hydrogens is 340 g/mol. The van der Waals surface area contributed by atoms with E-state index < -0.39 is 12.1 Å². The quantitative estimate of drug-likeness (QED) is 0.838. The Bertz CT molecular complexity index is 871. The van der Waals surface area contributed by atoms with Crippen molar-refractivity contribution in [1.82, 2.24) is 10.3 Å². The molecule has 1 atom stereocenters. The summed E-state index contributed by atoms with van der Waals surface area (Å²) in [4.78, 5) is 30.2. The van der Waals surface area contributed by atoms with E-state index in [1.165, 1.54) is 0 Å². The zero-order chi connectivity index (χ0) is 18.8. The number of ether oxygens (including phenoxy) is 1. The number of amides is 1. The van der Waals surface area contributed by atoms with Gasteiger partial charge in [-0.1, -0.05) is 31.0 Å². The Kier molecular flexibility index (Phi) is 5.10. The maximum absolute atomic E-state index is 13.1. The molecule has 5 heteroatoms. The van der Waals surface area contributed by atoms with Crippen molar-refractivity contribution < 1.29 is 14.3 Å². The molecule has 1 aromatic carbocycles. The molecule has 1 amide bonds. The van der Waals surface area contributed by atoms with E-state index in [4.69, 9.17) is 9.72 Å². The maximum Gasteiger partial charge on any atom is 0.339 e. The van der Waals surface area contributed by atoms with E-state index >= 15 is 0 Å². The summed E-state index contributed by atoms with van der Waals surface area (Å²) in [6, 6.07) is 7.89. The summed E-state index contributed by atoms with van der Waals surface area (Å²) < 4.78 is 5.60. The standard InChI is InChI=1S/C22H26N2O3/c1-14(21(25)23-15-8-2-3-9-15)27-22(26)20-16-10-4-6-12-18(16)24-19-13-7-5-11-17(19)20/h4,6,10,12,14-15H,2-3,5,7-9,11,13H2,1H3,(H,23,25). The highest BCUT2D eigenvalue weighted by molar-refractivity contribution is 6.05. The Morgan fingerprint density at radius 1 is 1.11 bits per heavy atom. The molecule has 1 heterocycles.